The Morgan fingerprint density at radius 1 is 1.50 bits per heavy atom. The highest BCUT2D eigenvalue weighted by atomic mass is 79.9. The van der Waals surface area contributed by atoms with E-state index in [9.17, 15) is 9.18 Å². The lowest BCUT2D eigenvalue weighted by Crippen LogP contribution is -2.07. The van der Waals surface area contributed by atoms with Gasteiger partial charge in [-0.1, -0.05) is 22.0 Å². The van der Waals surface area contributed by atoms with Crippen molar-refractivity contribution in [1.82, 2.24) is 15.2 Å². The van der Waals surface area contributed by atoms with Crippen LogP contribution in [0.15, 0.2) is 29.0 Å². The molecule has 0 saturated heterocycles. The standard InChI is InChI=1S/C10H7BrFN3O/c11-7-2-1-6(8(12)4-7)3-9(16)10-13-5-14-15-10/h1-2,4-5H,3H2,(H,13,14,15). The number of Topliss-reactive ketones (excluding diaryl/α,β-unsaturated/α-hetero) is 1. The van der Waals surface area contributed by atoms with Gasteiger partial charge in [0, 0.05) is 10.9 Å². The average molecular weight is 284 g/mol. The van der Waals surface area contributed by atoms with Crippen LogP contribution in [-0.4, -0.2) is 21.0 Å². The number of aromatic nitrogens is 3. The number of benzene rings is 1. The van der Waals surface area contributed by atoms with E-state index in [2.05, 4.69) is 31.1 Å². The van der Waals surface area contributed by atoms with Crippen molar-refractivity contribution in [3.63, 3.8) is 0 Å². The predicted molar refractivity (Wildman–Crippen MR) is 58.5 cm³/mol. The second-order valence-electron chi connectivity index (χ2n) is 3.17. The third kappa shape index (κ3) is 2.33. The van der Waals surface area contributed by atoms with Crippen LogP contribution in [-0.2, 0) is 6.42 Å². The zero-order valence-electron chi connectivity index (χ0n) is 8.08. The zero-order chi connectivity index (χ0) is 11.5. The van der Waals surface area contributed by atoms with E-state index in [-0.39, 0.29) is 18.0 Å². The third-order valence-electron chi connectivity index (χ3n) is 2.05. The Bertz CT molecular complexity index is 513. The van der Waals surface area contributed by atoms with Crippen molar-refractivity contribution in [2.75, 3.05) is 0 Å². The number of carbonyl (C=O) groups excluding carboxylic acids is 1. The molecule has 4 nitrogen and oxygen atoms in total. The highest BCUT2D eigenvalue weighted by Gasteiger charge is 2.12. The van der Waals surface area contributed by atoms with Gasteiger partial charge >= 0.3 is 0 Å². The fourth-order valence-corrected chi connectivity index (χ4v) is 1.59. The molecule has 16 heavy (non-hydrogen) atoms. The van der Waals surface area contributed by atoms with E-state index in [1.807, 2.05) is 0 Å². The van der Waals surface area contributed by atoms with Crippen molar-refractivity contribution in [3.05, 3.63) is 46.2 Å². The molecule has 1 aromatic heterocycles. The number of hydrogen-bond donors (Lipinski definition) is 1. The molecule has 1 N–H and O–H groups in total. The van der Waals surface area contributed by atoms with Gasteiger partial charge in [0.25, 0.3) is 0 Å². The van der Waals surface area contributed by atoms with E-state index in [1.165, 1.54) is 12.4 Å². The minimum absolute atomic E-state index is 0.0334. The topological polar surface area (TPSA) is 58.6 Å². The molecule has 0 atom stereocenters. The summed E-state index contributed by atoms with van der Waals surface area (Å²) in [6.45, 7) is 0. The van der Waals surface area contributed by atoms with Gasteiger partial charge in [-0.15, -0.1) is 0 Å². The number of carbonyl (C=O) groups is 1. The highest BCUT2D eigenvalue weighted by molar-refractivity contribution is 9.10. The summed E-state index contributed by atoms with van der Waals surface area (Å²) < 4.78 is 14.1. The van der Waals surface area contributed by atoms with Gasteiger partial charge in [-0.2, -0.15) is 5.10 Å². The summed E-state index contributed by atoms with van der Waals surface area (Å²) in [4.78, 5) is 15.3. The molecule has 0 radical (unpaired) electrons. The molecule has 0 saturated carbocycles. The van der Waals surface area contributed by atoms with Crippen LogP contribution in [0, 0.1) is 5.82 Å². The van der Waals surface area contributed by atoms with E-state index in [4.69, 9.17) is 0 Å². The maximum atomic E-state index is 13.4. The molecule has 2 rings (SSSR count). The van der Waals surface area contributed by atoms with Crippen molar-refractivity contribution in [1.29, 1.82) is 0 Å². The van der Waals surface area contributed by atoms with Gasteiger partial charge < -0.3 is 0 Å². The van der Waals surface area contributed by atoms with Crippen molar-refractivity contribution < 1.29 is 9.18 Å². The number of aromatic amines is 1. The maximum absolute atomic E-state index is 13.4. The largest absolute Gasteiger partial charge is 0.290 e. The van der Waals surface area contributed by atoms with Crippen LogP contribution in [0.3, 0.4) is 0 Å². The smallest absolute Gasteiger partial charge is 0.204 e. The number of H-pyrrole nitrogens is 1. The Morgan fingerprint density at radius 2 is 2.31 bits per heavy atom. The van der Waals surface area contributed by atoms with Crippen molar-refractivity contribution >= 4 is 21.7 Å². The lowest BCUT2D eigenvalue weighted by molar-refractivity contribution is 0.0982. The Kier molecular flexibility index (Phi) is 3.09. The first-order chi connectivity index (χ1) is 7.66. The van der Waals surface area contributed by atoms with E-state index in [0.29, 0.717) is 10.0 Å². The first-order valence-corrected chi connectivity index (χ1v) is 5.28. The summed E-state index contributed by atoms with van der Waals surface area (Å²) in [5, 5.41) is 6.01. The molecule has 82 valence electrons. The Hall–Kier alpha value is -1.56. The second kappa shape index (κ2) is 4.52. The summed E-state index contributed by atoms with van der Waals surface area (Å²) in [6, 6.07) is 4.57. The predicted octanol–water partition coefficient (Wildman–Crippen LogP) is 2.13. The monoisotopic (exact) mass is 283 g/mol. The van der Waals surface area contributed by atoms with Crippen LogP contribution in [0.5, 0.6) is 0 Å². The fraction of sp³-hybridized carbons (Fsp3) is 0.100. The molecule has 0 aliphatic heterocycles. The normalized spacial score (nSPS) is 10.4. The number of nitrogens with zero attached hydrogens (tertiary/aromatic N) is 2. The first-order valence-electron chi connectivity index (χ1n) is 4.49. The zero-order valence-corrected chi connectivity index (χ0v) is 9.66. The van der Waals surface area contributed by atoms with Crippen LogP contribution in [0.4, 0.5) is 4.39 Å². The summed E-state index contributed by atoms with van der Waals surface area (Å²) in [5.74, 6) is -0.566. The van der Waals surface area contributed by atoms with Crippen molar-refractivity contribution in [2.45, 2.75) is 6.42 Å². The van der Waals surface area contributed by atoms with Crippen LogP contribution in [0.2, 0.25) is 0 Å². The average Bonchev–Trinajstić information content (AvgIpc) is 2.75. The van der Waals surface area contributed by atoms with Gasteiger partial charge in [0.1, 0.15) is 12.1 Å². The molecule has 1 heterocycles. The minimum atomic E-state index is -0.415. The number of hydrogen-bond acceptors (Lipinski definition) is 3. The molecule has 0 spiro atoms. The molecule has 0 aliphatic rings. The third-order valence-corrected chi connectivity index (χ3v) is 2.54. The lowest BCUT2D eigenvalue weighted by atomic mass is 10.1. The lowest BCUT2D eigenvalue weighted by Gasteiger charge is -2.01. The van der Waals surface area contributed by atoms with Gasteiger partial charge in [-0.05, 0) is 17.7 Å². The van der Waals surface area contributed by atoms with Crippen molar-refractivity contribution in [2.24, 2.45) is 0 Å². The molecule has 1 aromatic carbocycles. The maximum Gasteiger partial charge on any atom is 0.204 e. The molecule has 0 amide bonds. The summed E-state index contributed by atoms with van der Waals surface area (Å²) in [6.07, 6.45) is 1.21. The first kappa shape index (κ1) is 10.9. The Labute approximate surface area is 99.0 Å². The fourth-order valence-electron chi connectivity index (χ4n) is 1.26. The SMILES string of the molecule is O=C(Cc1ccc(Br)cc1F)c1ncn[nH]1. The van der Waals surface area contributed by atoms with Crippen LogP contribution < -0.4 is 0 Å². The van der Waals surface area contributed by atoms with Gasteiger partial charge in [-0.25, -0.2) is 9.37 Å². The van der Waals surface area contributed by atoms with E-state index >= 15 is 0 Å². The number of halogens is 2. The summed E-state index contributed by atoms with van der Waals surface area (Å²) >= 11 is 3.15. The number of nitrogens with one attached hydrogen (secondary N) is 1. The molecule has 0 unspecified atom stereocenters. The van der Waals surface area contributed by atoms with Crippen LogP contribution in [0.25, 0.3) is 0 Å². The minimum Gasteiger partial charge on any atom is -0.290 e. The second-order valence-corrected chi connectivity index (χ2v) is 4.09. The molecule has 6 heteroatoms. The molecular formula is C10H7BrFN3O. The van der Waals surface area contributed by atoms with Crippen LogP contribution in [0.1, 0.15) is 16.2 Å². The van der Waals surface area contributed by atoms with E-state index in [0.717, 1.165) is 0 Å². The molecule has 0 bridgehead atoms. The number of ketones is 1. The number of rotatable bonds is 3. The molecule has 2 aromatic rings. The Morgan fingerprint density at radius 3 is 2.94 bits per heavy atom. The molecule has 0 fully saturated rings. The van der Waals surface area contributed by atoms with Gasteiger partial charge in [0.05, 0.1) is 0 Å². The van der Waals surface area contributed by atoms with Crippen molar-refractivity contribution in [3.8, 4) is 0 Å². The van der Waals surface area contributed by atoms with Crippen LogP contribution >= 0.6 is 15.9 Å². The van der Waals surface area contributed by atoms with Gasteiger partial charge in [0.2, 0.25) is 5.78 Å². The highest BCUT2D eigenvalue weighted by Crippen LogP contribution is 2.16. The van der Waals surface area contributed by atoms with E-state index in [1.54, 1.807) is 12.1 Å². The van der Waals surface area contributed by atoms with Gasteiger partial charge in [-0.3, -0.25) is 9.89 Å². The molecule has 0 aliphatic carbocycles. The van der Waals surface area contributed by atoms with Gasteiger partial charge in [0.15, 0.2) is 5.82 Å². The summed E-state index contributed by atoms with van der Waals surface area (Å²) in [7, 11) is 0. The molecular weight excluding hydrogens is 277 g/mol. The van der Waals surface area contributed by atoms with E-state index < -0.39 is 5.82 Å². The quantitative estimate of drug-likeness (QED) is 0.878. The Balaban J connectivity index is 2.18. The summed E-state index contributed by atoms with van der Waals surface area (Å²) in [5.41, 5.74) is 0.338.